The van der Waals surface area contributed by atoms with Crippen LogP contribution in [0.4, 0.5) is 17.6 Å². The van der Waals surface area contributed by atoms with Crippen LogP contribution < -0.4 is 0 Å². The molecule has 0 N–H and O–H groups in total. The number of benzene rings is 1. The third kappa shape index (κ3) is 3.68. The smallest absolute Gasteiger partial charge is 0.333 e. The zero-order valence-electron chi connectivity index (χ0n) is 10.7. The number of carbonyl (C=O) groups excluding carboxylic acids is 1. The number of halogens is 4. The molecule has 2 nitrogen and oxygen atoms in total. The van der Waals surface area contributed by atoms with Gasteiger partial charge in [0.05, 0.1) is 0 Å². The summed E-state index contributed by atoms with van der Waals surface area (Å²) in [7, 11) is 0. The minimum Gasteiger partial charge on any atom is -0.333 e. The van der Waals surface area contributed by atoms with Crippen molar-refractivity contribution in [2.75, 3.05) is 6.54 Å². The number of hydrogen-bond acceptors (Lipinski definition) is 1. The van der Waals surface area contributed by atoms with Crippen molar-refractivity contribution in [1.29, 1.82) is 0 Å². The number of hydrogen-bond donors (Lipinski definition) is 0. The molecule has 1 amide bonds. The molecule has 1 aromatic carbocycles. The summed E-state index contributed by atoms with van der Waals surface area (Å²) in [4.78, 5) is 12.1. The Morgan fingerprint density at radius 2 is 2.00 bits per heavy atom. The second kappa shape index (κ2) is 6.04. The largest absolute Gasteiger partial charge is 0.383 e. The lowest BCUT2D eigenvalue weighted by Gasteiger charge is -2.25. The fourth-order valence-electron chi connectivity index (χ4n) is 1.66. The van der Waals surface area contributed by atoms with Gasteiger partial charge in [-0.3, -0.25) is 4.79 Å². The van der Waals surface area contributed by atoms with E-state index in [4.69, 9.17) is 0 Å². The van der Waals surface area contributed by atoms with Crippen molar-refractivity contribution in [2.45, 2.75) is 32.7 Å². The summed E-state index contributed by atoms with van der Waals surface area (Å²) in [6.45, 7) is 3.11. The van der Waals surface area contributed by atoms with Gasteiger partial charge in [-0.15, -0.1) is 0 Å². The van der Waals surface area contributed by atoms with Gasteiger partial charge >= 0.3 is 12.3 Å². The monoisotopic (exact) mass is 277 g/mol. The standard InChI is InChI=1S/C13H15F4NO/c1-3-18(12(19)13(16,17)11(14)15)8-10-6-4-5-9(2)7-10/h4-7,11H,3,8H2,1-2H3. The van der Waals surface area contributed by atoms with E-state index in [-0.39, 0.29) is 13.1 Å². The SMILES string of the molecule is CCN(Cc1cccc(C)c1)C(=O)C(F)(F)C(F)F. The molecule has 0 aromatic heterocycles. The number of aryl methyl sites for hydroxylation is 1. The van der Waals surface area contributed by atoms with E-state index in [9.17, 15) is 22.4 Å². The van der Waals surface area contributed by atoms with Gasteiger partial charge < -0.3 is 4.90 Å². The van der Waals surface area contributed by atoms with Crippen molar-refractivity contribution in [3.05, 3.63) is 35.4 Å². The molecule has 0 aliphatic heterocycles. The maximum Gasteiger partial charge on any atom is 0.383 e. The number of rotatable bonds is 5. The van der Waals surface area contributed by atoms with E-state index in [1.807, 2.05) is 13.0 Å². The van der Waals surface area contributed by atoms with Crippen LogP contribution in [0.25, 0.3) is 0 Å². The van der Waals surface area contributed by atoms with Crippen LogP contribution in [-0.2, 0) is 11.3 Å². The molecule has 6 heteroatoms. The molecule has 0 fully saturated rings. The predicted octanol–water partition coefficient (Wildman–Crippen LogP) is 3.24. The third-order valence-corrected chi connectivity index (χ3v) is 2.68. The third-order valence-electron chi connectivity index (χ3n) is 2.68. The molecule has 0 heterocycles. The molecule has 0 saturated heterocycles. The maximum absolute atomic E-state index is 13.0. The summed E-state index contributed by atoms with van der Waals surface area (Å²) in [5.74, 6) is -6.48. The Bertz CT molecular complexity index is 448. The van der Waals surface area contributed by atoms with Crippen molar-refractivity contribution in [3.63, 3.8) is 0 Å². The number of alkyl halides is 4. The van der Waals surface area contributed by atoms with Crippen molar-refractivity contribution >= 4 is 5.91 Å². The van der Waals surface area contributed by atoms with Crippen LogP contribution in [0.1, 0.15) is 18.1 Å². The quantitative estimate of drug-likeness (QED) is 0.757. The van der Waals surface area contributed by atoms with E-state index < -0.39 is 18.3 Å². The lowest BCUT2D eigenvalue weighted by molar-refractivity contribution is -0.181. The van der Waals surface area contributed by atoms with E-state index in [0.717, 1.165) is 10.5 Å². The van der Waals surface area contributed by atoms with Crippen LogP contribution in [0.3, 0.4) is 0 Å². The van der Waals surface area contributed by atoms with Gasteiger partial charge in [0.1, 0.15) is 0 Å². The van der Waals surface area contributed by atoms with Crippen molar-refractivity contribution in [1.82, 2.24) is 4.90 Å². The summed E-state index contributed by atoms with van der Waals surface area (Å²) < 4.78 is 50.4. The van der Waals surface area contributed by atoms with Crippen molar-refractivity contribution in [3.8, 4) is 0 Å². The Balaban J connectivity index is 2.87. The van der Waals surface area contributed by atoms with Crippen molar-refractivity contribution < 1.29 is 22.4 Å². The van der Waals surface area contributed by atoms with Crippen LogP contribution >= 0.6 is 0 Å². The molecular formula is C13H15F4NO. The first-order valence-corrected chi connectivity index (χ1v) is 5.80. The van der Waals surface area contributed by atoms with E-state index >= 15 is 0 Å². The molecule has 0 atom stereocenters. The van der Waals surface area contributed by atoms with E-state index in [2.05, 4.69) is 0 Å². The molecule has 0 saturated carbocycles. The summed E-state index contributed by atoms with van der Waals surface area (Å²) in [5, 5.41) is 0. The summed E-state index contributed by atoms with van der Waals surface area (Å²) in [6, 6.07) is 6.91. The van der Waals surface area contributed by atoms with Gasteiger partial charge in [-0.05, 0) is 19.4 Å². The minimum atomic E-state index is -4.64. The van der Waals surface area contributed by atoms with Gasteiger partial charge in [-0.2, -0.15) is 8.78 Å². The number of carbonyl (C=O) groups is 1. The van der Waals surface area contributed by atoms with Gasteiger partial charge in [0.2, 0.25) is 0 Å². The lowest BCUT2D eigenvalue weighted by atomic mass is 10.1. The topological polar surface area (TPSA) is 20.3 Å². The van der Waals surface area contributed by atoms with Crippen LogP contribution in [0.15, 0.2) is 24.3 Å². The molecule has 19 heavy (non-hydrogen) atoms. The lowest BCUT2D eigenvalue weighted by Crippen LogP contribution is -2.47. The van der Waals surface area contributed by atoms with Crippen molar-refractivity contribution in [2.24, 2.45) is 0 Å². The minimum absolute atomic E-state index is 0.0604. The zero-order valence-corrected chi connectivity index (χ0v) is 10.7. The highest BCUT2D eigenvalue weighted by atomic mass is 19.3. The fourth-order valence-corrected chi connectivity index (χ4v) is 1.66. The summed E-state index contributed by atoms with van der Waals surface area (Å²) in [6.07, 6.45) is -3.99. The van der Waals surface area contributed by atoms with Gasteiger partial charge in [-0.1, -0.05) is 29.8 Å². The first kappa shape index (κ1) is 15.5. The van der Waals surface area contributed by atoms with E-state index in [1.165, 1.54) is 6.92 Å². The van der Waals surface area contributed by atoms with Gasteiger partial charge in [0.25, 0.3) is 5.91 Å². The first-order valence-electron chi connectivity index (χ1n) is 5.80. The van der Waals surface area contributed by atoms with Crippen LogP contribution in [-0.4, -0.2) is 29.7 Å². The average Bonchev–Trinajstić information content (AvgIpc) is 2.35. The highest BCUT2D eigenvalue weighted by molar-refractivity contribution is 5.84. The fraction of sp³-hybridized carbons (Fsp3) is 0.462. The van der Waals surface area contributed by atoms with Crippen LogP contribution in [0.2, 0.25) is 0 Å². The molecule has 0 aliphatic rings. The molecule has 0 radical (unpaired) electrons. The predicted molar refractivity (Wildman–Crippen MR) is 63.2 cm³/mol. The number of nitrogens with zero attached hydrogens (tertiary/aromatic N) is 1. The molecule has 1 rings (SSSR count). The highest BCUT2D eigenvalue weighted by Crippen LogP contribution is 2.26. The molecule has 0 unspecified atom stereocenters. The Morgan fingerprint density at radius 1 is 1.37 bits per heavy atom. The maximum atomic E-state index is 13.0. The summed E-state index contributed by atoms with van der Waals surface area (Å²) in [5.41, 5.74) is 1.53. The van der Waals surface area contributed by atoms with Gasteiger partial charge in [0, 0.05) is 13.1 Å². The van der Waals surface area contributed by atoms with E-state index in [0.29, 0.717) is 5.56 Å². The molecule has 0 spiro atoms. The molecule has 0 bridgehead atoms. The Morgan fingerprint density at radius 3 is 2.47 bits per heavy atom. The van der Waals surface area contributed by atoms with Gasteiger partial charge in [-0.25, -0.2) is 8.78 Å². The summed E-state index contributed by atoms with van der Waals surface area (Å²) >= 11 is 0. The molecule has 1 aromatic rings. The highest BCUT2D eigenvalue weighted by Gasteiger charge is 2.50. The first-order chi connectivity index (χ1) is 8.78. The average molecular weight is 277 g/mol. The zero-order chi connectivity index (χ0) is 14.6. The number of amides is 1. The van der Waals surface area contributed by atoms with Crippen LogP contribution in [0.5, 0.6) is 0 Å². The molecular weight excluding hydrogens is 262 g/mol. The molecule has 0 aliphatic carbocycles. The second-order valence-corrected chi connectivity index (χ2v) is 4.23. The Hall–Kier alpha value is -1.59. The van der Waals surface area contributed by atoms with Gasteiger partial charge in [0.15, 0.2) is 0 Å². The van der Waals surface area contributed by atoms with E-state index in [1.54, 1.807) is 18.2 Å². The van der Waals surface area contributed by atoms with Crippen LogP contribution in [0, 0.1) is 6.92 Å². The normalized spacial score (nSPS) is 11.7. The molecule has 106 valence electrons. The Kier molecular flexibility index (Phi) is 4.91. The Labute approximate surface area is 109 Å². The second-order valence-electron chi connectivity index (χ2n) is 4.23.